The molecule has 0 aromatic rings. The van der Waals surface area contributed by atoms with E-state index in [4.69, 9.17) is 4.74 Å². The van der Waals surface area contributed by atoms with Gasteiger partial charge in [-0.15, -0.1) is 11.5 Å². The molecule has 1 amide bonds. The third kappa shape index (κ3) is 11.6. The van der Waals surface area contributed by atoms with Crippen LogP contribution in [0.5, 0.6) is 0 Å². The molecule has 5 heteroatoms. The molecular weight excluding hydrogens is 346 g/mol. The van der Waals surface area contributed by atoms with Crippen molar-refractivity contribution in [3.05, 3.63) is 10.6 Å². The average Bonchev–Trinajstić information content (AvgIpc) is 2.29. The molecule has 0 heterocycles. The Bertz CT molecular complexity index is 436. The maximum absolute atomic E-state index is 12.2. The van der Waals surface area contributed by atoms with Gasteiger partial charge >= 0.3 is 6.09 Å². The largest absolute Gasteiger partial charge is 0.444 e. The van der Waals surface area contributed by atoms with Gasteiger partial charge in [0.1, 0.15) is 13.7 Å². The second-order valence-corrected chi connectivity index (χ2v) is 12.7. The molecule has 0 N–H and O–H groups in total. The lowest BCUT2D eigenvalue weighted by Crippen LogP contribution is -2.38. The number of carbonyl (C=O) groups excluding carboxylic acids is 1. The van der Waals surface area contributed by atoms with Crippen LogP contribution in [0.3, 0.4) is 0 Å². The Labute approximate surface area is 139 Å². The van der Waals surface area contributed by atoms with Crippen molar-refractivity contribution in [1.82, 2.24) is 4.90 Å². The summed E-state index contributed by atoms with van der Waals surface area (Å²) in [6.45, 7) is 15.3. The summed E-state index contributed by atoms with van der Waals surface area (Å²) < 4.78 is 6.41. The Morgan fingerprint density at radius 1 is 1.33 bits per heavy atom. The standard InChI is InChI=1S/C16H28BrNO2Si/c1-8-14(17)13-18(15(19)20-16(2,3)4)11-9-10-12-21(5,6)7/h8H,9,11,13H2,1-7H3/b14-8-. The van der Waals surface area contributed by atoms with Crippen molar-refractivity contribution in [3.63, 3.8) is 0 Å². The maximum Gasteiger partial charge on any atom is 0.410 e. The van der Waals surface area contributed by atoms with Crippen LogP contribution >= 0.6 is 15.9 Å². The minimum atomic E-state index is -1.35. The summed E-state index contributed by atoms with van der Waals surface area (Å²) in [5, 5.41) is 0. The smallest absolute Gasteiger partial charge is 0.410 e. The molecule has 0 spiro atoms. The highest BCUT2D eigenvalue weighted by Crippen LogP contribution is 2.13. The predicted molar refractivity (Wildman–Crippen MR) is 96.2 cm³/mol. The Hall–Kier alpha value is -0.733. The zero-order valence-electron chi connectivity index (χ0n) is 14.3. The van der Waals surface area contributed by atoms with Crippen LogP contribution in [0.25, 0.3) is 0 Å². The fraction of sp³-hybridized carbons (Fsp3) is 0.688. The third-order valence-corrected chi connectivity index (χ3v) is 3.91. The van der Waals surface area contributed by atoms with Crippen molar-refractivity contribution >= 4 is 30.1 Å². The molecule has 0 aromatic heterocycles. The molecule has 0 saturated carbocycles. The monoisotopic (exact) mass is 373 g/mol. The van der Waals surface area contributed by atoms with E-state index >= 15 is 0 Å². The normalized spacial score (nSPS) is 12.5. The molecule has 0 unspecified atom stereocenters. The van der Waals surface area contributed by atoms with Crippen LogP contribution in [-0.2, 0) is 4.74 Å². The van der Waals surface area contributed by atoms with Crippen LogP contribution in [-0.4, -0.2) is 37.8 Å². The highest BCUT2D eigenvalue weighted by molar-refractivity contribution is 9.11. The van der Waals surface area contributed by atoms with Gasteiger partial charge in [-0.1, -0.05) is 41.6 Å². The summed E-state index contributed by atoms with van der Waals surface area (Å²) in [4.78, 5) is 13.9. The van der Waals surface area contributed by atoms with Gasteiger partial charge in [0, 0.05) is 17.4 Å². The average molecular weight is 374 g/mol. The van der Waals surface area contributed by atoms with Gasteiger partial charge in [0.2, 0.25) is 0 Å². The molecule has 0 saturated heterocycles. The highest BCUT2D eigenvalue weighted by Gasteiger charge is 2.22. The molecule has 21 heavy (non-hydrogen) atoms. The Morgan fingerprint density at radius 2 is 1.90 bits per heavy atom. The first-order valence-electron chi connectivity index (χ1n) is 7.23. The van der Waals surface area contributed by atoms with E-state index in [0.29, 0.717) is 19.5 Å². The maximum atomic E-state index is 12.2. The van der Waals surface area contributed by atoms with Gasteiger partial charge < -0.3 is 9.64 Å². The van der Waals surface area contributed by atoms with Crippen molar-refractivity contribution in [2.24, 2.45) is 0 Å². The summed E-state index contributed by atoms with van der Waals surface area (Å²) in [7, 11) is -1.35. The first-order chi connectivity index (χ1) is 9.44. The van der Waals surface area contributed by atoms with Crippen molar-refractivity contribution in [2.45, 2.75) is 59.4 Å². The summed E-state index contributed by atoms with van der Waals surface area (Å²) in [6.07, 6.45) is 2.31. The van der Waals surface area contributed by atoms with Crippen LogP contribution in [0, 0.1) is 11.5 Å². The molecule has 0 atom stereocenters. The molecule has 3 nitrogen and oxygen atoms in total. The first kappa shape index (κ1) is 20.3. The van der Waals surface area contributed by atoms with Crippen LogP contribution in [0.1, 0.15) is 34.1 Å². The van der Waals surface area contributed by atoms with E-state index in [0.717, 1.165) is 4.48 Å². The van der Waals surface area contributed by atoms with Gasteiger partial charge in [-0.2, -0.15) is 0 Å². The van der Waals surface area contributed by atoms with Crippen LogP contribution in [0.4, 0.5) is 4.79 Å². The molecule has 120 valence electrons. The Morgan fingerprint density at radius 3 is 2.33 bits per heavy atom. The molecule has 0 aliphatic rings. The van der Waals surface area contributed by atoms with Crippen molar-refractivity contribution in [3.8, 4) is 11.5 Å². The minimum absolute atomic E-state index is 0.295. The first-order valence-corrected chi connectivity index (χ1v) is 11.5. The quantitative estimate of drug-likeness (QED) is 0.523. The number of halogens is 1. The molecule has 0 rings (SSSR count). The lowest BCUT2D eigenvalue weighted by Gasteiger charge is -2.27. The van der Waals surface area contributed by atoms with E-state index in [-0.39, 0.29) is 6.09 Å². The summed E-state index contributed by atoms with van der Waals surface area (Å²) in [6, 6.07) is 0. The Balaban J connectivity index is 4.74. The SMILES string of the molecule is C/C=C(\Br)CN(CCC#C[Si](C)(C)C)C(=O)OC(C)(C)C. The van der Waals surface area contributed by atoms with Gasteiger partial charge in [-0.25, -0.2) is 4.79 Å². The van der Waals surface area contributed by atoms with Crippen LogP contribution in [0.2, 0.25) is 19.6 Å². The van der Waals surface area contributed by atoms with Crippen LogP contribution in [0.15, 0.2) is 10.6 Å². The van der Waals surface area contributed by atoms with Gasteiger partial charge in [0.15, 0.2) is 0 Å². The molecule has 0 fully saturated rings. The number of carbonyl (C=O) groups is 1. The summed E-state index contributed by atoms with van der Waals surface area (Å²) in [5.41, 5.74) is 2.83. The molecule has 0 bridgehead atoms. The number of allylic oxidation sites excluding steroid dienone is 1. The van der Waals surface area contributed by atoms with E-state index in [1.165, 1.54) is 0 Å². The van der Waals surface area contributed by atoms with E-state index in [1.807, 2.05) is 33.8 Å². The fourth-order valence-electron chi connectivity index (χ4n) is 1.35. The fourth-order valence-corrected chi connectivity index (χ4v) is 2.31. The number of ether oxygens (including phenoxy) is 1. The number of hydrogen-bond acceptors (Lipinski definition) is 2. The summed E-state index contributed by atoms with van der Waals surface area (Å²) >= 11 is 3.45. The van der Waals surface area contributed by atoms with Crippen molar-refractivity contribution in [1.29, 1.82) is 0 Å². The molecule has 0 aliphatic heterocycles. The third-order valence-electron chi connectivity index (χ3n) is 2.28. The van der Waals surface area contributed by atoms with Crippen molar-refractivity contribution < 1.29 is 9.53 Å². The molecule has 0 aromatic carbocycles. The highest BCUT2D eigenvalue weighted by atomic mass is 79.9. The van der Waals surface area contributed by atoms with E-state index in [2.05, 4.69) is 47.0 Å². The zero-order chi connectivity index (χ0) is 16.7. The number of hydrogen-bond donors (Lipinski definition) is 0. The van der Waals surface area contributed by atoms with E-state index in [1.54, 1.807) is 4.90 Å². The predicted octanol–water partition coefficient (Wildman–Crippen LogP) is 4.79. The minimum Gasteiger partial charge on any atom is -0.444 e. The zero-order valence-corrected chi connectivity index (χ0v) is 16.9. The van der Waals surface area contributed by atoms with Gasteiger partial charge in [0.05, 0.1) is 6.54 Å². The number of amides is 1. The van der Waals surface area contributed by atoms with Gasteiger partial charge in [-0.3, -0.25) is 0 Å². The molecule has 0 aliphatic carbocycles. The van der Waals surface area contributed by atoms with Gasteiger partial charge in [0.25, 0.3) is 0 Å². The number of rotatable bonds is 4. The molecular formula is C16H28BrNO2Si. The second kappa shape index (κ2) is 8.65. The lowest BCUT2D eigenvalue weighted by molar-refractivity contribution is 0.0274. The van der Waals surface area contributed by atoms with E-state index < -0.39 is 13.7 Å². The number of nitrogens with zero attached hydrogens (tertiary/aromatic N) is 1. The summed E-state index contributed by atoms with van der Waals surface area (Å²) in [5.74, 6) is 3.19. The topological polar surface area (TPSA) is 29.5 Å². The van der Waals surface area contributed by atoms with Crippen molar-refractivity contribution in [2.75, 3.05) is 13.1 Å². The van der Waals surface area contributed by atoms with Gasteiger partial charge in [-0.05, 0) is 27.7 Å². The second-order valence-electron chi connectivity index (χ2n) is 6.94. The Kier molecular flexibility index (Phi) is 8.35. The van der Waals surface area contributed by atoms with E-state index in [9.17, 15) is 4.79 Å². The molecule has 0 radical (unpaired) electrons. The van der Waals surface area contributed by atoms with Crippen LogP contribution < -0.4 is 0 Å². The lowest BCUT2D eigenvalue weighted by atomic mass is 10.2.